The lowest BCUT2D eigenvalue weighted by Crippen LogP contribution is -2.47. The average Bonchev–Trinajstić information content (AvgIpc) is 3.40. The highest BCUT2D eigenvalue weighted by Crippen LogP contribution is 2.40. The Morgan fingerprint density at radius 3 is 2.27 bits per heavy atom. The van der Waals surface area contributed by atoms with Crippen LogP contribution >= 0.6 is 0 Å². The van der Waals surface area contributed by atoms with Crippen molar-refractivity contribution < 1.29 is 23.4 Å². The van der Waals surface area contributed by atoms with E-state index in [0.717, 1.165) is 43.7 Å². The van der Waals surface area contributed by atoms with E-state index >= 15 is 0 Å². The first-order valence-electron chi connectivity index (χ1n) is 11.1. The fourth-order valence-electron chi connectivity index (χ4n) is 4.47. The predicted molar refractivity (Wildman–Crippen MR) is 126 cm³/mol. The molecule has 33 heavy (non-hydrogen) atoms. The highest BCUT2D eigenvalue weighted by molar-refractivity contribution is 6.04. The van der Waals surface area contributed by atoms with Gasteiger partial charge < -0.3 is 23.5 Å². The van der Waals surface area contributed by atoms with Gasteiger partial charge in [0.2, 0.25) is 5.75 Å². The minimum Gasteiger partial charge on any atom is -0.493 e. The molecule has 3 aromatic rings. The summed E-state index contributed by atoms with van der Waals surface area (Å²) >= 11 is 0. The van der Waals surface area contributed by atoms with Gasteiger partial charge in [-0.15, -0.1) is 0 Å². The number of amides is 1. The van der Waals surface area contributed by atoms with E-state index in [4.69, 9.17) is 18.6 Å². The molecule has 7 nitrogen and oxygen atoms in total. The number of para-hydroxylation sites is 1. The van der Waals surface area contributed by atoms with E-state index in [1.165, 1.54) is 6.26 Å². The monoisotopic (exact) mass is 450 g/mol. The molecule has 0 aliphatic carbocycles. The van der Waals surface area contributed by atoms with Gasteiger partial charge in [-0.3, -0.25) is 9.69 Å². The molecule has 1 aromatic heterocycles. The normalized spacial score (nSPS) is 14.6. The van der Waals surface area contributed by atoms with Crippen molar-refractivity contribution in [3.05, 3.63) is 72.2 Å². The number of anilines is 1. The Labute approximate surface area is 194 Å². The van der Waals surface area contributed by atoms with Crippen LogP contribution in [-0.2, 0) is 6.54 Å². The summed E-state index contributed by atoms with van der Waals surface area (Å²) in [5.41, 5.74) is 1.93. The lowest BCUT2D eigenvalue weighted by Gasteiger charge is -2.38. The molecule has 0 saturated carbocycles. The number of rotatable bonds is 8. The Hall–Kier alpha value is -3.45. The van der Waals surface area contributed by atoms with Crippen molar-refractivity contribution in [1.29, 1.82) is 0 Å². The Morgan fingerprint density at radius 2 is 1.67 bits per heavy atom. The number of furan rings is 1. The van der Waals surface area contributed by atoms with Crippen LogP contribution in [0.25, 0.3) is 0 Å². The van der Waals surface area contributed by atoms with Gasteiger partial charge in [0.1, 0.15) is 0 Å². The number of hydrogen-bond acceptors (Lipinski definition) is 6. The minimum absolute atomic E-state index is 0.0912. The number of ether oxygens (including phenoxy) is 3. The van der Waals surface area contributed by atoms with E-state index in [2.05, 4.69) is 4.90 Å². The third kappa shape index (κ3) is 4.83. The summed E-state index contributed by atoms with van der Waals surface area (Å²) in [5, 5.41) is 0. The van der Waals surface area contributed by atoms with Crippen LogP contribution in [0, 0.1) is 0 Å². The summed E-state index contributed by atoms with van der Waals surface area (Å²) in [6.45, 7) is 2.45. The van der Waals surface area contributed by atoms with E-state index in [1.54, 1.807) is 33.5 Å². The zero-order chi connectivity index (χ0) is 23.2. The fraction of sp³-hybridized carbons (Fsp3) is 0.346. The van der Waals surface area contributed by atoms with Gasteiger partial charge in [-0.25, -0.2) is 0 Å². The van der Waals surface area contributed by atoms with Gasteiger partial charge in [-0.1, -0.05) is 24.3 Å². The van der Waals surface area contributed by atoms with Crippen molar-refractivity contribution in [3.8, 4) is 17.2 Å². The standard InChI is InChI=1S/C26H30N2O5/c1-30-22-12-11-19(24(31-2)25(22)32-3)18-27-15-13-21(14-16-27)28(20-8-5-4-6-9-20)26(29)23-10-7-17-33-23/h4-12,17,21H,13-16,18H2,1-3H3. The Bertz CT molecular complexity index is 1040. The molecule has 174 valence electrons. The molecule has 4 rings (SSSR count). The van der Waals surface area contributed by atoms with Crippen LogP contribution in [-0.4, -0.2) is 51.3 Å². The number of carbonyl (C=O) groups excluding carboxylic acids is 1. The molecule has 2 heterocycles. The molecule has 0 radical (unpaired) electrons. The number of methoxy groups -OCH3 is 3. The van der Waals surface area contributed by atoms with Crippen LogP contribution in [0.15, 0.2) is 65.3 Å². The quantitative estimate of drug-likeness (QED) is 0.499. The second-order valence-corrected chi connectivity index (χ2v) is 7.99. The van der Waals surface area contributed by atoms with Crippen LogP contribution in [0.4, 0.5) is 5.69 Å². The fourth-order valence-corrected chi connectivity index (χ4v) is 4.47. The van der Waals surface area contributed by atoms with Crippen LogP contribution in [0.5, 0.6) is 17.2 Å². The highest BCUT2D eigenvalue weighted by atomic mass is 16.5. The van der Waals surface area contributed by atoms with Gasteiger partial charge >= 0.3 is 0 Å². The summed E-state index contributed by atoms with van der Waals surface area (Å²) in [7, 11) is 4.87. The third-order valence-electron chi connectivity index (χ3n) is 6.09. The van der Waals surface area contributed by atoms with E-state index < -0.39 is 0 Å². The summed E-state index contributed by atoms with van der Waals surface area (Å²) in [5.74, 6) is 2.19. The third-order valence-corrected chi connectivity index (χ3v) is 6.09. The molecular weight excluding hydrogens is 420 g/mol. The first-order valence-corrected chi connectivity index (χ1v) is 11.1. The number of benzene rings is 2. The molecule has 7 heteroatoms. The number of hydrogen-bond donors (Lipinski definition) is 0. The summed E-state index contributed by atoms with van der Waals surface area (Å²) in [4.78, 5) is 17.5. The molecule has 0 bridgehead atoms. The summed E-state index contributed by atoms with van der Waals surface area (Å²) < 4.78 is 22.0. The molecule has 1 fully saturated rings. The van der Waals surface area contributed by atoms with Crippen LogP contribution < -0.4 is 19.1 Å². The van der Waals surface area contributed by atoms with E-state index in [9.17, 15) is 4.79 Å². The van der Waals surface area contributed by atoms with E-state index in [1.807, 2.05) is 47.4 Å². The van der Waals surface area contributed by atoms with E-state index in [0.29, 0.717) is 23.0 Å². The molecule has 0 unspecified atom stereocenters. The first kappa shape index (κ1) is 22.7. The highest BCUT2D eigenvalue weighted by Gasteiger charge is 2.31. The van der Waals surface area contributed by atoms with Crippen LogP contribution in [0.2, 0.25) is 0 Å². The molecule has 1 aliphatic heterocycles. The topological polar surface area (TPSA) is 64.4 Å². The van der Waals surface area contributed by atoms with Crippen LogP contribution in [0.1, 0.15) is 29.0 Å². The molecule has 2 aromatic carbocycles. The molecule has 1 aliphatic rings. The predicted octanol–water partition coefficient (Wildman–Crippen LogP) is 4.62. The second-order valence-electron chi connectivity index (χ2n) is 7.99. The maximum absolute atomic E-state index is 13.3. The van der Waals surface area contributed by atoms with Gasteiger partial charge in [-0.2, -0.15) is 0 Å². The number of nitrogens with zero attached hydrogens (tertiary/aromatic N) is 2. The number of piperidine rings is 1. The Morgan fingerprint density at radius 1 is 0.939 bits per heavy atom. The Kier molecular flexibility index (Phi) is 7.19. The van der Waals surface area contributed by atoms with Crippen LogP contribution in [0.3, 0.4) is 0 Å². The van der Waals surface area contributed by atoms with Gasteiger partial charge in [0.15, 0.2) is 17.3 Å². The van der Waals surface area contributed by atoms with Crippen molar-refractivity contribution in [1.82, 2.24) is 4.90 Å². The maximum Gasteiger partial charge on any atom is 0.294 e. The van der Waals surface area contributed by atoms with Gasteiger partial charge in [-0.05, 0) is 43.2 Å². The van der Waals surface area contributed by atoms with Crippen molar-refractivity contribution in [2.75, 3.05) is 39.3 Å². The summed E-state index contributed by atoms with van der Waals surface area (Å²) in [6.07, 6.45) is 3.25. The lowest BCUT2D eigenvalue weighted by atomic mass is 10.0. The largest absolute Gasteiger partial charge is 0.493 e. The molecule has 1 saturated heterocycles. The smallest absolute Gasteiger partial charge is 0.294 e. The molecule has 0 spiro atoms. The van der Waals surface area contributed by atoms with Gasteiger partial charge in [0.05, 0.1) is 27.6 Å². The van der Waals surface area contributed by atoms with Gasteiger partial charge in [0, 0.05) is 36.9 Å². The second kappa shape index (κ2) is 10.4. The molecular formula is C26H30N2O5. The number of carbonyl (C=O) groups is 1. The zero-order valence-corrected chi connectivity index (χ0v) is 19.3. The Balaban J connectivity index is 1.49. The lowest BCUT2D eigenvalue weighted by molar-refractivity contribution is 0.0931. The average molecular weight is 451 g/mol. The number of likely N-dealkylation sites (tertiary alicyclic amines) is 1. The first-order chi connectivity index (χ1) is 16.2. The van der Waals surface area contributed by atoms with E-state index in [-0.39, 0.29) is 11.9 Å². The maximum atomic E-state index is 13.3. The minimum atomic E-state index is -0.105. The zero-order valence-electron chi connectivity index (χ0n) is 19.3. The van der Waals surface area contributed by atoms with Gasteiger partial charge in [0.25, 0.3) is 5.91 Å². The van der Waals surface area contributed by atoms with Crippen molar-refractivity contribution in [2.24, 2.45) is 0 Å². The molecule has 0 N–H and O–H groups in total. The summed E-state index contributed by atoms with van der Waals surface area (Å²) in [6, 6.07) is 17.3. The van der Waals surface area contributed by atoms with Crippen molar-refractivity contribution in [3.63, 3.8) is 0 Å². The van der Waals surface area contributed by atoms with Crippen molar-refractivity contribution >= 4 is 11.6 Å². The SMILES string of the molecule is COc1ccc(CN2CCC(N(C(=O)c3ccco3)c3ccccc3)CC2)c(OC)c1OC. The van der Waals surface area contributed by atoms with Crippen molar-refractivity contribution in [2.45, 2.75) is 25.4 Å². The molecule has 0 atom stereocenters. The molecule has 1 amide bonds.